The van der Waals surface area contributed by atoms with E-state index in [4.69, 9.17) is 4.52 Å². The molecule has 1 atom stereocenters. The van der Waals surface area contributed by atoms with Crippen molar-refractivity contribution in [3.05, 3.63) is 29.5 Å². The monoisotopic (exact) mass is 230 g/mol. The van der Waals surface area contributed by atoms with Crippen molar-refractivity contribution in [3.63, 3.8) is 0 Å². The zero-order chi connectivity index (χ0) is 11.7. The summed E-state index contributed by atoms with van der Waals surface area (Å²) in [6, 6.07) is 7.08. The molecular formula is C14H18N2O. The molecule has 1 unspecified atom stereocenters. The number of aromatic nitrogens is 1. The molecule has 1 aromatic heterocycles. The summed E-state index contributed by atoms with van der Waals surface area (Å²) in [6.07, 6.45) is 5.04. The molecule has 1 aliphatic heterocycles. The number of benzene rings is 1. The number of nitrogens with zero attached hydrogens (tertiary/aromatic N) is 1. The Morgan fingerprint density at radius 3 is 3.18 bits per heavy atom. The summed E-state index contributed by atoms with van der Waals surface area (Å²) in [7, 11) is 0. The molecule has 2 aromatic rings. The van der Waals surface area contributed by atoms with E-state index in [0.29, 0.717) is 6.04 Å². The normalized spacial score (nSPS) is 20.9. The second-order valence-electron chi connectivity index (χ2n) is 4.95. The van der Waals surface area contributed by atoms with Crippen molar-refractivity contribution in [2.45, 2.75) is 38.6 Å². The number of hydrogen-bond donors (Lipinski definition) is 1. The zero-order valence-corrected chi connectivity index (χ0v) is 10.2. The Hall–Kier alpha value is -1.35. The van der Waals surface area contributed by atoms with E-state index in [1.165, 1.54) is 24.8 Å². The van der Waals surface area contributed by atoms with Crippen LogP contribution in [-0.4, -0.2) is 17.7 Å². The first kappa shape index (κ1) is 10.8. The van der Waals surface area contributed by atoms with Crippen LogP contribution < -0.4 is 5.32 Å². The summed E-state index contributed by atoms with van der Waals surface area (Å²) in [6.45, 7) is 3.14. The van der Waals surface area contributed by atoms with Crippen LogP contribution in [-0.2, 0) is 6.42 Å². The van der Waals surface area contributed by atoms with Gasteiger partial charge in [0.05, 0.1) is 5.69 Å². The minimum Gasteiger partial charge on any atom is -0.356 e. The smallest absolute Gasteiger partial charge is 0.167 e. The van der Waals surface area contributed by atoms with Gasteiger partial charge in [-0.15, -0.1) is 0 Å². The molecule has 3 heteroatoms. The molecule has 90 valence electrons. The highest BCUT2D eigenvalue weighted by atomic mass is 16.5. The van der Waals surface area contributed by atoms with E-state index < -0.39 is 0 Å². The van der Waals surface area contributed by atoms with Gasteiger partial charge in [-0.1, -0.05) is 17.6 Å². The predicted molar refractivity (Wildman–Crippen MR) is 68.1 cm³/mol. The third kappa shape index (κ3) is 2.20. The second-order valence-corrected chi connectivity index (χ2v) is 4.95. The molecule has 1 fully saturated rings. The van der Waals surface area contributed by atoms with Crippen LogP contribution in [0.3, 0.4) is 0 Å². The van der Waals surface area contributed by atoms with E-state index in [0.717, 1.165) is 29.6 Å². The fourth-order valence-corrected chi connectivity index (χ4v) is 2.62. The van der Waals surface area contributed by atoms with Crippen LogP contribution >= 0.6 is 0 Å². The Labute approximate surface area is 101 Å². The van der Waals surface area contributed by atoms with Gasteiger partial charge in [-0.25, -0.2) is 0 Å². The predicted octanol–water partition coefficient (Wildman–Crippen LogP) is 2.82. The quantitative estimate of drug-likeness (QED) is 0.862. The number of fused-ring (bicyclic) bond motifs is 1. The standard InChI is InChI=1S/C14H18N2O/c1-10-13-6-5-11(9-14(13)17-16-10)8-12-4-2-3-7-15-12/h5-6,9,12,15H,2-4,7-8H2,1H3. The van der Waals surface area contributed by atoms with E-state index in [2.05, 4.69) is 28.7 Å². The summed E-state index contributed by atoms with van der Waals surface area (Å²) in [4.78, 5) is 0. The molecule has 0 spiro atoms. The highest BCUT2D eigenvalue weighted by Crippen LogP contribution is 2.21. The third-order valence-corrected chi connectivity index (χ3v) is 3.61. The Morgan fingerprint density at radius 2 is 2.35 bits per heavy atom. The molecule has 1 N–H and O–H groups in total. The number of hydrogen-bond acceptors (Lipinski definition) is 3. The van der Waals surface area contributed by atoms with Gasteiger partial charge in [-0.3, -0.25) is 0 Å². The topological polar surface area (TPSA) is 38.1 Å². The van der Waals surface area contributed by atoms with Crippen molar-refractivity contribution in [3.8, 4) is 0 Å². The highest BCUT2D eigenvalue weighted by molar-refractivity contribution is 5.79. The first-order chi connectivity index (χ1) is 8.33. The maximum Gasteiger partial charge on any atom is 0.167 e. The number of piperidine rings is 1. The lowest BCUT2D eigenvalue weighted by molar-refractivity contribution is 0.399. The van der Waals surface area contributed by atoms with Crippen LogP contribution in [0.5, 0.6) is 0 Å². The van der Waals surface area contributed by atoms with Gasteiger partial charge in [-0.2, -0.15) is 0 Å². The Bertz CT molecular complexity index is 512. The van der Waals surface area contributed by atoms with Crippen molar-refractivity contribution >= 4 is 11.0 Å². The Kier molecular flexibility index (Phi) is 2.85. The van der Waals surface area contributed by atoms with E-state index in [1.807, 2.05) is 6.92 Å². The summed E-state index contributed by atoms with van der Waals surface area (Å²) in [5.41, 5.74) is 3.23. The van der Waals surface area contributed by atoms with Crippen LogP contribution in [0.1, 0.15) is 30.5 Å². The van der Waals surface area contributed by atoms with Gasteiger partial charge >= 0.3 is 0 Å². The highest BCUT2D eigenvalue weighted by Gasteiger charge is 2.13. The minimum atomic E-state index is 0.630. The first-order valence-corrected chi connectivity index (χ1v) is 6.41. The first-order valence-electron chi connectivity index (χ1n) is 6.41. The molecule has 17 heavy (non-hydrogen) atoms. The van der Waals surface area contributed by atoms with Gasteiger partial charge in [-0.05, 0) is 50.4 Å². The zero-order valence-electron chi connectivity index (χ0n) is 10.2. The lowest BCUT2D eigenvalue weighted by Crippen LogP contribution is -2.35. The van der Waals surface area contributed by atoms with Gasteiger partial charge in [0.2, 0.25) is 0 Å². The molecule has 0 aliphatic carbocycles. The maximum absolute atomic E-state index is 5.31. The number of aryl methyl sites for hydroxylation is 1. The largest absolute Gasteiger partial charge is 0.356 e. The summed E-state index contributed by atoms with van der Waals surface area (Å²) in [5.74, 6) is 0. The summed E-state index contributed by atoms with van der Waals surface area (Å²) >= 11 is 0. The van der Waals surface area contributed by atoms with Crippen molar-refractivity contribution in [2.75, 3.05) is 6.54 Å². The summed E-state index contributed by atoms with van der Waals surface area (Å²) in [5, 5.41) is 8.70. The molecule has 0 amide bonds. The van der Waals surface area contributed by atoms with Crippen molar-refractivity contribution in [1.29, 1.82) is 0 Å². The molecule has 2 heterocycles. The lowest BCUT2D eigenvalue weighted by Gasteiger charge is -2.23. The molecular weight excluding hydrogens is 212 g/mol. The molecule has 1 saturated heterocycles. The van der Waals surface area contributed by atoms with E-state index in [-0.39, 0.29) is 0 Å². The second kappa shape index (κ2) is 4.49. The fourth-order valence-electron chi connectivity index (χ4n) is 2.62. The Balaban J connectivity index is 1.80. The van der Waals surface area contributed by atoms with Gasteiger partial charge in [0.15, 0.2) is 5.58 Å². The molecule has 0 bridgehead atoms. The lowest BCUT2D eigenvalue weighted by atomic mass is 9.97. The van der Waals surface area contributed by atoms with Crippen LogP contribution in [0.4, 0.5) is 0 Å². The molecule has 1 aliphatic rings. The van der Waals surface area contributed by atoms with Crippen LogP contribution in [0.2, 0.25) is 0 Å². The average molecular weight is 230 g/mol. The van der Waals surface area contributed by atoms with Crippen molar-refractivity contribution in [1.82, 2.24) is 10.5 Å². The fraction of sp³-hybridized carbons (Fsp3) is 0.500. The van der Waals surface area contributed by atoms with E-state index in [9.17, 15) is 0 Å². The molecule has 0 saturated carbocycles. The minimum absolute atomic E-state index is 0.630. The van der Waals surface area contributed by atoms with Gasteiger partial charge in [0.1, 0.15) is 0 Å². The molecule has 1 aromatic carbocycles. The molecule has 0 radical (unpaired) electrons. The van der Waals surface area contributed by atoms with Crippen molar-refractivity contribution in [2.24, 2.45) is 0 Å². The average Bonchev–Trinajstić information content (AvgIpc) is 2.72. The number of rotatable bonds is 2. The third-order valence-electron chi connectivity index (χ3n) is 3.61. The maximum atomic E-state index is 5.31. The Morgan fingerprint density at radius 1 is 1.41 bits per heavy atom. The van der Waals surface area contributed by atoms with Gasteiger partial charge in [0, 0.05) is 11.4 Å². The SMILES string of the molecule is Cc1noc2cc(CC3CCCCN3)ccc12. The van der Waals surface area contributed by atoms with Crippen molar-refractivity contribution < 1.29 is 4.52 Å². The molecule has 3 rings (SSSR count). The van der Waals surface area contributed by atoms with Gasteiger partial charge < -0.3 is 9.84 Å². The van der Waals surface area contributed by atoms with E-state index in [1.54, 1.807) is 0 Å². The summed E-state index contributed by atoms with van der Waals surface area (Å²) < 4.78 is 5.31. The van der Waals surface area contributed by atoms with Crippen LogP contribution in [0.25, 0.3) is 11.0 Å². The number of nitrogens with one attached hydrogen (secondary N) is 1. The molecule has 3 nitrogen and oxygen atoms in total. The van der Waals surface area contributed by atoms with Crippen LogP contribution in [0.15, 0.2) is 22.7 Å². The van der Waals surface area contributed by atoms with E-state index >= 15 is 0 Å². The van der Waals surface area contributed by atoms with Gasteiger partial charge in [0.25, 0.3) is 0 Å². The van der Waals surface area contributed by atoms with Crippen LogP contribution in [0, 0.1) is 6.92 Å².